The zero-order valence-electron chi connectivity index (χ0n) is 19.1. The smallest absolute Gasteiger partial charge is 0.417 e. The number of aryl methyl sites for hydroxylation is 1. The number of sulfone groups is 1. The van der Waals surface area contributed by atoms with E-state index in [2.05, 4.69) is 4.98 Å². The van der Waals surface area contributed by atoms with Gasteiger partial charge in [0, 0.05) is 18.4 Å². The van der Waals surface area contributed by atoms with Crippen molar-refractivity contribution in [1.29, 1.82) is 0 Å². The van der Waals surface area contributed by atoms with Crippen LogP contribution in [0.25, 0.3) is 11.1 Å². The fourth-order valence-corrected chi connectivity index (χ4v) is 6.47. The summed E-state index contributed by atoms with van der Waals surface area (Å²) in [6, 6.07) is 3.52. The van der Waals surface area contributed by atoms with Gasteiger partial charge in [-0.25, -0.2) is 13.2 Å². The number of carboxylic acids is 1. The summed E-state index contributed by atoms with van der Waals surface area (Å²) >= 11 is 0. The van der Waals surface area contributed by atoms with Crippen LogP contribution in [0.2, 0.25) is 0 Å². The van der Waals surface area contributed by atoms with Gasteiger partial charge in [-0.05, 0) is 61.6 Å². The molecule has 1 N–H and O–H groups in total. The number of carbonyl (C=O) groups is 2. The number of halogens is 6. The molecule has 1 aromatic carbocycles. The minimum atomic E-state index is -5.13. The van der Waals surface area contributed by atoms with Crippen molar-refractivity contribution in [3.63, 3.8) is 0 Å². The van der Waals surface area contributed by atoms with Crippen molar-refractivity contribution < 1.29 is 49.5 Å². The summed E-state index contributed by atoms with van der Waals surface area (Å²) < 4.78 is 109. The van der Waals surface area contributed by atoms with Crippen LogP contribution in [0.1, 0.15) is 30.5 Å². The van der Waals surface area contributed by atoms with E-state index >= 15 is 0 Å². The van der Waals surface area contributed by atoms with Gasteiger partial charge in [0.2, 0.25) is 5.91 Å². The monoisotopic (exact) mass is 550 g/mol. The third kappa shape index (κ3) is 4.66. The molecular formula is C23H20F6N2O5S. The van der Waals surface area contributed by atoms with E-state index in [1.807, 2.05) is 0 Å². The lowest BCUT2D eigenvalue weighted by atomic mass is 10.0. The summed E-state index contributed by atoms with van der Waals surface area (Å²) in [6.45, 7) is 0.641. The van der Waals surface area contributed by atoms with Gasteiger partial charge >= 0.3 is 18.3 Å². The van der Waals surface area contributed by atoms with E-state index in [0.29, 0.717) is 22.2 Å². The summed E-state index contributed by atoms with van der Waals surface area (Å²) in [7, 11) is -4.92. The number of carbonyl (C=O) groups excluding carboxylic acids is 1. The zero-order valence-corrected chi connectivity index (χ0v) is 19.9. The van der Waals surface area contributed by atoms with E-state index in [-0.39, 0.29) is 5.56 Å². The third-order valence-corrected chi connectivity index (χ3v) is 8.96. The van der Waals surface area contributed by atoms with Crippen molar-refractivity contribution in [1.82, 2.24) is 9.88 Å². The molecule has 2 aliphatic rings. The molecule has 1 aliphatic carbocycles. The molecule has 0 unspecified atom stereocenters. The van der Waals surface area contributed by atoms with Crippen LogP contribution in [-0.2, 0) is 25.6 Å². The lowest BCUT2D eigenvalue weighted by Gasteiger charge is -2.28. The highest BCUT2D eigenvalue weighted by Crippen LogP contribution is 2.59. The van der Waals surface area contributed by atoms with E-state index in [1.165, 1.54) is 18.3 Å². The van der Waals surface area contributed by atoms with Gasteiger partial charge in [-0.3, -0.25) is 9.78 Å². The van der Waals surface area contributed by atoms with Crippen molar-refractivity contribution in [3.8, 4) is 11.1 Å². The van der Waals surface area contributed by atoms with Crippen molar-refractivity contribution in [2.75, 3.05) is 6.54 Å². The second-order valence-electron chi connectivity index (χ2n) is 9.19. The number of aliphatic carboxylic acids is 1. The first-order valence-corrected chi connectivity index (χ1v) is 12.5. The molecule has 4 rings (SSSR count). The Hall–Kier alpha value is -3.16. The summed E-state index contributed by atoms with van der Waals surface area (Å²) in [4.78, 5) is 27.6. The number of hydrogen-bond acceptors (Lipinski definition) is 5. The molecule has 1 aromatic heterocycles. The minimum absolute atomic E-state index is 0.0456. The van der Waals surface area contributed by atoms with Gasteiger partial charge in [0.05, 0.1) is 15.7 Å². The number of nitrogens with zero attached hydrogens (tertiary/aromatic N) is 2. The Morgan fingerprint density at radius 3 is 2.19 bits per heavy atom. The maximum absolute atomic E-state index is 14.0. The first-order chi connectivity index (χ1) is 17.0. The molecule has 14 heteroatoms. The van der Waals surface area contributed by atoms with Gasteiger partial charge in [-0.1, -0.05) is 6.07 Å². The molecule has 1 aliphatic heterocycles. The lowest BCUT2D eigenvalue weighted by Crippen LogP contribution is -2.48. The van der Waals surface area contributed by atoms with Crippen molar-refractivity contribution in [3.05, 3.63) is 47.8 Å². The number of amides is 1. The third-order valence-electron chi connectivity index (χ3n) is 6.77. The fourth-order valence-electron chi connectivity index (χ4n) is 4.58. The molecule has 200 valence electrons. The molecule has 1 saturated carbocycles. The fraction of sp³-hybridized carbons (Fsp3) is 0.435. The number of likely N-dealkylation sites (tertiary alicyclic amines) is 1. The molecule has 2 atom stereocenters. The number of carboxylic acid groups (broad SMARTS) is 1. The molecule has 2 fully saturated rings. The van der Waals surface area contributed by atoms with Crippen molar-refractivity contribution in [2.24, 2.45) is 5.41 Å². The topological polar surface area (TPSA) is 105 Å². The van der Waals surface area contributed by atoms with Crippen LogP contribution < -0.4 is 0 Å². The maximum atomic E-state index is 14.0. The van der Waals surface area contributed by atoms with Gasteiger partial charge in [0.25, 0.3) is 0 Å². The number of pyridine rings is 1. The second kappa shape index (κ2) is 8.71. The normalized spacial score (nSPS) is 21.6. The SMILES string of the molecule is Cc1cc(-c2ccc(S(=O)(=O)[C@@H]3C[C@@H](C(=O)O)N(C(=O)C4(C(F)(F)F)CC4)C3)c(C(F)(F)F)c2)ccn1. The number of rotatable bonds is 5. The predicted molar refractivity (Wildman–Crippen MR) is 116 cm³/mol. The average Bonchev–Trinajstić information content (AvgIpc) is 3.49. The van der Waals surface area contributed by atoms with Gasteiger partial charge in [-0.2, -0.15) is 26.3 Å². The summed E-state index contributed by atoms with van der Waals surface area (Å²) in [6.07, 6.45) is -10.7. The molecule has 0 bridgehead atoms. The predicted octanol–water partition coefficient (Wildman–Crippen LogP) is 4.25. The largest absolute Gasteiger partial charge is 0.480 e. The molecule has 7 nitrogen and oxygen atoms in total. The van der Waals surface area contributed by atoms with Crippen LogP contribution in [0.5, 0.6) is 0 Å². The molecule has 2 aromatic rings. The lowest BCUT2D eigenvalue weighted by molar-refractivity contribution is -0.199. The van der Waals surface area contributed by atoms with Crippen LogP contribution in [0.15, 0.2) is 41.4 Å². The van der Waals surface area contributed by atoms with E-state index in [4.69, 9.17) is 0 Å². The number of aromatic nitrogens is 1. The standard InChI is InChI=1S/C23H20F6N2O5S/c1-12-8-14(4-7-30-12)13-2-3-18(16(9-13)22(24,25)26)37(35,36)15-10-17(19(32)33)31(11-15)20(34)21(5-6-21)23(27,28)29/h2-4,7-9,15,17H,5-6,10-11H2,1H3,(H,32,33)/t15-,17+/m1/s1. The van der Waals surface area contributed by atoms with Crippen LogP contribution in [-0.4, -0.2) is 59.3 Å². The number of hydrogen-bond donors (Lipinski definition) is 1. The average molecular weight is 550 g/mol. The molecule has 1 saturated heterocycles. The van der Waals surface area contributed by atoms with E-state index in [9.17, 15) is 49.5 Å². The quantitative estimate of drug-likeness (QED) is 0.559. The van der Waals surface area contributed by atoms with Gasteiger partial charge in [0.15, 0.2) is 9.84 Å². The molecule has 2 heterocycles. The van der Waals surface area contributed by atoms with Gasteiger partial charge < -0.3 is 10.0 Å². The van der Waals surface area contributed by atoms with E-state index < -0.39 is 87.0 Å². The molecule has 37 heavy (non-hydrogen) atoms. The maximum Gasteiger partial charge on any atom is 0.417 e. The Bertz CT molecular complexity index is 1370. The minimum Gasteiger partial charge on any atom is -0.480 e. The molecule has 0 radical (unpaired) electrons. The first kappa shape index (κ1) is 26.9. The Morgan fingerprint density at radius 1 is 1.05 bits per heavy atom. The summed E-state index contributed by atoms with van der Waals surface area (Å²) in [5, 5.41) is 7.64. The second-order valence-corrected chi connectivity index (χ2v) is 11.4. The van der Waals surface area contributed by atoms with Crippen LogP contribution in [0, 0.1) is 12.3 Å². The highest BCUT2D eigenvalue weighted by atomic mass is 32.2. The zero-order chi connectivity index (χ0) is 27.6. The highest BCUT2D eigenvalue weighted by molar-refractivity contribution is 7.92. The van der Waals surface area contributed by atoms with Crippen molar-refractivity contribution >= 4 is 21.7 Å². The molecule has 1 amide bonds. The van der Waals surface area contributed by atoms with Crippen LogP contribution in [0.4, 0.5) is 26.3 Å². The van der Waals surface area contributed by atoms with Gasteiger partial charge in [0.1, 0.15) is 11.5 Å². The van der Waals surface area contributed by atoms with E-state index in [0.717, 1.165) is 12.1 Å². The summed E-state index contributed by atoms with van der Waals surface area (Å²) in [5.74, 6) is -3.33. The highest BCUT2D eigenvalue weighted by Gasteiger charge is 2.70. The molecule has 0 spiro atoms. The van der Waals surface area contributed by atoms with Gasteiger partial charge in [-0.15, -0.1) is 0 Å². The Balaban J connectivity index is 1.73. The summed E-state index contributed by atoms with van der Waals surface area (Å²) in [5.41, 5.74) is -3.42. The van der Waals surface area contributed by atoms with Crippen molar-refractivity contribution in [2.45, 2.75) is 54.7 Å². The number of alkyl halides is 6. The van der Waals surface area contributed by atoms with Crippen LogP contribution in [0.3, 0.4) is 0 Å². The Labute approximate surface area is 207 Å². The first-order valence-electron chi connectivity index (χ1n) is 11.0. The van der Waals surface area contributed by atoms with Crippen LogP contribution >= 0.6 is 0 Å². The number of benzene rings is 1. The Kier molecular flexibility index (Phi) is 6.33. The Morgan fingerprint density at radius 2 is 1.68 bits per heavy atom. The van der Waals surface area contributed by atoms with E-state index in [1.54, 1.807) is 6.92 Å². The molecular weight excluding hydrogens is 530 g/mol.